The summed E-state index contributed by atoms with van der Waals surface area (Å²) in [5.74, 6) is 1.92. The summed E-state index contributed by atoms with van der Waals surface area (Å²) in [5, 5.41) is -0.0390. The molecule has 0 radical (unpaired) electrons. The Kier molecular flexibility index (Phi) is 6.24. The smallest absolute Gasteiger partial charge is 0.417 e. The highest BCUT2D eigenvalue weighted by molar-refractivity contribution is 7.87. The van der Waals surface area contributed by atoms with Crippen LogP contribution in [0.1, 0.15) is 15.9 Å². The maximum atomic E-state index is 12.7. The van der Waals surface area contributed by atoms with Gasteiger partial charge in [-0.2, -0.15) is 17.5 Å². The minimum Gasteiger partial charge on any atom is -0.497 e. The average molecular weight is 432 g/mol. The minimum atomic E-state index is -4.48. The molecule has 3 rings (SSSR count). The Balaban J connectivity index is 1.65. The zero-order chi connectivity index (χ0) is 20.3. The van der Waals surface area contributed by atoms with Crippen molar-refractivity contribution in [1.82, 2.24) is 4.98 Å². The predicted molar refractivity (Wildman–Crippen MR) is 103 cm³/mol. The molecule has 2 aromatic rings. The Morgan fingerprint density at radius 2 is 1.89 bits per heavy atom. The average Bonchev–Trinajstić information content (AvgIpc) is 2.68. The zero-order valence-corrected chi connectivity index (χ0v) is 16.4. The summed E-state index contributed by atoms with van der Waals surface area (Å²) < 4.78 is 47.5. The number of carbonyl (C=O) groups excluding carboxylic acids is 1. The normalized spacial score (nSPS) is 15.4. The second-order valence-electron chi connectivity index (χ2n) is 6.01. The number of benzene rings is 1. The van der Waals surface area contributed by atoms with Crippen molar-refractivity contribution in [3.8, 4) is 5.75 Å². The minimum absolute atomic E-state index is 0.0390. The van der Waals surface area contributed by atoms with E-state index in [2.05, 4.69) is 9.35 Å². The van der Waals surface area contributed by atoms with Crippen molar-refractivity contribution in [3.63, 3.8) is 0 Å². The first-order valence-corrected chi connectivity index (χ1v) is 10.2. The summed E-state index contributed by atoms with van der Waals surface area (Å²) in [6.45, 7) is 1.03. The highest BCUT2D eigenvalue weighted by atomic mass is 35.5. The number of hydrogen-bond donors (Lipinski definition) is 0. The number of halogens is 4. The van der Waals surface area contributed by atoms with Gasteiger partial charge >= 0.3 is 6.18 Å². The molecular formula is C18H17ClF3N3O2S. The third-order valence-corrected chi connectivity index (χ3v) is 6.20. The van der Waals surface area contributed by atoms with Crippen LogP contribution in [0.5, 0.6) is 5.75 Å². The van der Waals surface area contributed by atoms with Crippen LogP contribution in [-0.4, -0.2) is 42.6 Å². The molecule has 150 valence electrons. The van der Waals surface area contributed by atoms with Crippen molar-refractivity contribution >= 4 is 34.0 Å². The first-order valence-electron chi connectivity index (χ1n) is 8.33. The number of nitrogens with zero attached hydrogens (tertiary/aromatic N) is 3. The molecule has 1 fully saturated rings. The van der Waals surface area contributed by atoms with Crippen LogP contribution in [0.2, 0.25) is 5.02 Å². The van der Waals surface area contributed by atoms with Crippen molar-refractivity contribution in [2.75, 3.05) is 36.6 Å². The van der Waals surface area contributed by atoms with E-state index in [9.17, 15) is 18.0 Å². The van der Waals surface area contributed by atoms with E-state index in [-0.39, 0.29) is 10.9 Å². The second kappa shape index (κ2) is 8.48. The molecule has 1 aromatic heterocycles. The van der Waals surface area contributed by atoms with Crippen molar-refractivity contribution in [2.24, 2.45) is 4.36 Å². The van der Waals surface area contributed by atoms with E-state index < -0.39 is 22.4 Å². The fourth-order valence-corrected chi connectivity index (χ4v) is 4.54. The van der Waals surface area contributed by atoms with Gasteiger partial charge < -0.3 is 9.64 Å². The number of aromatic nitrogens is 1. The second-order valence-corrected chi connectivity index (χ2v) is 8.34. The van der Waals surface area contributed by atoms with Crippen LogP contribution >= 0.6 is 11.6 Å². The summed E-state index contributed by atoms with van der Waals surface area (Å²) in [6, 6.07) is 7.61. The first kappa shape index (κ1) is 20.6. The molecule has 0 spiro atoms. The monoisotopic (exact) mass is 431 g/mol. The molecule has 0 bridgehead atoms. The quantitative estimate of drug-likeness (QED) is 0.730. The molecule has 1 aliphatic heterocycles. The summed E-state index contributed by atoms with van der Waals surface area (Å²) in [6.07, 6.45) is -3.70. The number of methoxy groups -OCH3 is 1. The molecule has 0 N–H and O–H groups in total. The maximum absolute atomic E-state index is 12.7. The molecule has 10 heteroatoms. The number of pyridine rings is 1. The number of ether oxygens (including phenoxy) is 1. The van der Waals surface area contributed by atoms with Crippen LogP contribution < -0.4 is 9.64 Å². The van der Waals surface area contributed by atoms with Gasteiger partial charge in [-0.05, 0) is 30.3 Å². The number of anilines is 1. The van der Waals surface area contributed by atoms with Gasteiger partial charge in [0.05, 0.1) is 17.7 Å². The lowest BCUT2D eigenvalue weighted by atomic mass is 10.2. The van der Waals surface area contributed by atoms with Crippen molar-refractivity contribution in [3.05, 3.63) is 52.7 Å². The van der Waals surface area contributed by atoms with Crippen LogP contribution in [-0.2, 0) is 16.9 Å². The third kappa shape index (κ3) is 4.82. The van der Waals surface area contributed by atoms with Gasteiger partial charge in [0.1, 0.15) is 11.6 Å². The van der Waals surface area contributed by atoms with E-state index in [0.29, 0.717) is 41.7 Å². The highest BCUT2D eigenvalue weighted by Crippen LogP contribution is 2.33. The number of rotatable bonds is 3. The van der Waals surface area contributed by atoms with E-state index in [1.165, 1.54) is 0 Å². The van der Waals surface area contributed by atoms with E-state index >= 15 is 0 Å². The Bertz CT molecular complexity index is 894. The SMILES string of the molecule is COc1ccc(C(=O)N=S2CCN(c3ncc(C(F)(F)F)cc3Cl)CC2)cc1. The Morgan fingerprint density at radius 3 is 2.43 bits per heavy atom. The Hall–Kier alpha value is -2.13. The number of alkyl halides is 3. The maximum Gasteiger partial charge on any atom is 0.417 e. The van der Waals surface area contributed by atoms with E-state index in [4.69, 9.17) is 16.3 Å². The highest BCUT2D eigenvalue weighted by Gasteiger charge is 2.32. The van der Waals surface area contributed by atoms with Crippen molar-refractivity contribution in [2.45, 2.75) is 6.18 Å². The summed E-state index contributed by atoms with van der Waals surface area (Å²) in [5.41, 5.74) is -0.388. The van der Waals surface area contributed by atoms with Gasteiger partial charge in [0, 0.05) is 36.4 Å². The lowest BCUT2D eigenvalue weighted by Gasteiger charge is -2.29. The van der Waals surface area contributed by atoms with E-state index in [1.54, 1.807) is 31.4 Å². The van der Waals surface area contributed by atoms with Gasteiger partial charge in [0.25, 0.3) is 5.91 Å². The fraction of sp³-hybridized carbons (Fsp3) is 0.333. The van der Waals surface area contributed by atoms with E-state index in [0.717, 1.165) is 12.3 Å². The lowest BCUT2D eigenvalue weighted by Crippen LogP contribution is -2.38. The van der Waals surface area contributed by atoms with Crippen LogP contribution in [0.4, 0.5) is 19.0 Å². The van der Waals surface area contributed by atoms with Crippen LogP contribution in [0.25, 0.3) is 0 Å². The van der Waals surface area contributed by atoms with E-state index in [1.807, 2.05) is 4.90 Å². The summed E-state index contributed by atoms with van der Waals surface area (Å²) in [7, 11) is 1.10. The van der Waals surface area contributed by atoms with Crippen LogP contribution in [0, 0.1) is 0 Å². The van der Waals surface area contributed by atoms with Gasteiger partial charge in [-0.25, -0.2) is 4.98 Å². The molecule has 0 atom stereocenters. The molecule has 1 saturated heterocycles. The largest absolute Gasteiger partial charge is 0.497 e. The number of carbonyl (C=O) groups is 1. The van der Waals surface area contributed by atoms with Gasteiger partial charge in [-0.1, -0.05) is 22.3 Å². The lowest BCUT2D eigenvalue weighted by molar-refractivity contribution is -0.137. The van der Waals surface area contributed by atoms with Crippen molar-refractivity contribution < 1.29 is 22.7 Å². The number of hydrogen-bond acceptors (Lipinski definition) is 4. The topological polar surface area (TPSA) is 54.8 Å². The molecule has 1 aliphatic rings. The van der Waals surface area contributed by atoms with Crippen LogP contribution in [0.3, 0.4) is 0 Å². The standard InChI is InChI=1S/C18H17ClF3N3O2S/c1-27-14-4-2-12(3-5-14)17(26)24-28-8-6-25(7-9-28)16-15(19)10-13(11-23-16)18(20,21)22/h2-5,10-11H,6-9H2,1H3. The first-order chi connectivity index (χ1) is 13.3. The number of amides is 1. The van der Waals surface area contributed by atoms with Gasteiger partial charge in [0.2, 0.25) is 0 Å². The fourth-order valence-electron chi connectivity index (χ4n) is 2.67. The molecule has 5 nitrogen and oxygen atoms in total. The predicted octanol–water partition coefficient (Wildman–Crippen LogP) is 4.22. The Labute approximate surface area is 167 Å². The van der Waals surface area contributed by atoms with Gasteiger partial charge in [-0.15, -0.1) is 0 Å². The summed E-state index contributed by atoms with van der Waals surface area (Å²) >= 11 is 6.00. The van der Waals surface area contributed by atoms with Gasteiger partial charge in [0.15, 0.2) is 0 Å². The Morgan fingerprint density at radius 1 is 1.25 bits per heavy atom. The molecule has 0 aliphatic carbocycles. The molecule has 1 amide bonds. The molecule has 2 heterocycles. The van der Waals surface area contributed by atoms with Crippen LogP contribution in [0.15, 0.2) is 40.9 Å². The third-order valence-electron chi connectivity index (χ3n) is 4.19. The summed E-state index contributed by atoms with van der Waals surface area (Å²) in [4.78, 5) is 18.0. The zero-order valence-electron chi connectivity index (χ0n) is 14.9. The molecule has 0 saturated carbocycles. The molecule has 0 unspecified atom stereocenters. The van der Waals surface area contributed by atoms with Gasteiger partial charge in [-0.3, -0.25) is 4.79 Å². The molecule has 1 aromatic carbocycles. The molecule has 28 heavy (non-hydrogen) atoms. The molecular weight excluding hydrogens is 415 g/mol. The van der Waals surface area contributed by atoms with Crippen molar-refractivity contribution in [1.29, 1.82) is 0 Å².